The van der Waals surface area contributed by atoms with E-state index in [4.69, 9.17) is 10.6 Å². The number of aromatic nitrogens is 2. The summed E-state index contributed by atoms with van der Waals surface area (Å²) in [6.07, 6.45) is 3.92. The lowest BCUT2D eigenvalue weighted by Gasteiger charge is -2.16. The van der Waals surface area contributed by atoms with Gasteiger partial charge in [0.2, 0.25) is 0 Å². The third kappa shape index (κ3) is 3.10. The van der Waals surface area contributed by atoms with Crippen LogP contribution < -0.4 is 11.3 Å². The molecule has 0 radical (unpaired) electrons. The Kier molecular flexibility index (Phi) is 4.06. The van der Waals surface area contributed by atoms with Crippen molar-refractivity contribution in [2.24, 2.45) is 12.9 Å². The Morgan fingerprint density at radius 2 is 2.36 bits per heavy atom. The predicted molar refractivity (Wildman–Crippen MR) is 54.4 cm³/mol. The summed E-state index contributed by atoms with van der Waals surface area (Å²) in [5.74, 6) is 5.43. The van der Waals surface area contributed by atoms with E-state index in [9.17, 15) is 0 Å². The van der Waals surface area contributed by atoms with Crippen LogP contribution in [0.3, 0.4) is 0 Å². The Labute approximate surface area is 84.2 Å². The zero-order chi connectivity index (χ0) is 10.6. The minimum atomic E-state index is 0.00565. The number of aryl methyl sites for hydroxylation is 1. The van der Waals surface area contributed by atoms with Gasteiger partial charge in [0.05, 0.1) is 24.9 Å². The molecule has 3 N–H and O–H groups in total. The van der Waals surface area contributed by atoms with E-state index < -0.39 is 0 Å². The number of nitrogens with zero attached hydrogens (tertiary/aromatic N) is 2. The minimum absolute atomic E-state index is 0.00565. The second-order valence-electron chi connectivity index (χ2n) is 3.55. The number of ether oxygens (including phenoxy) is 1. The molecule has 0 fully saturated rings. The van der Waals surface area contributed by atoms with E-state index in [1.54, 1.807) is 10.9 Å². The Bertz CT molecular complexity index is 272. The second-order valence-corrected chi connectivity index (χ2v) is 3.55. The van der Waals surface area contributed by atoms with Crippen molar-refractivity contribution in [2.45, 2.75) is 26.0 Å². The molecular weight excluding hydrogens is 180 g/mol. The van der Waals surface area contributed by atoms with E-state index in [2.05, 4.69) is 10.5 Å². The molecule has 1 aromatic heterocycles. The first-order valence-electron chi connectivity index (χ1n) is 4.69. The first kappa shape index (κ1) is 11.2. The lowest BCUT2D eigenvalue weighted by Crippen LogP contribution is -2.31. The fourth-order valence-electron chi connectivity index (χ4n) is 1.15. The quantitative estimate of drug-likeness (QED) is 0.529. The van der Waals surface area contributed by atoms with Crippen LogP contribution >= 0.6 is 0 Å². The maximum absolute atomic E-state index is 5.48. The number of rotatable bonds is 5. The number of nitrogens with one attached hydrogen (secondary N) is 1. The van der Waals surface area contributed by atoms with Gasteiger partial charge in [-0.1, -0.05) is 0 Å². The average Bonchev–Trinajstić information content (AvgIpc) is 2.53. The largest absolute Gasteiger partial charge is 0.377 e. The summed E-state index contributed by atoms with van der Waals surface area (Å²) in [7, 11) is 1.88. The van der Waals surface area contributed by atoms with Gasteiger partial charge >= 0.3 is 0 Å². The van der Waals surface area contributed by atoms with Crippen molar-refractivity contribution in [2.75, 3.05) is 6.61 Å². The van der Waals surface area contributed by atoms with Gasteiger partial charge in [0.25, 0.3) is 0 Å². The van der Waals surface area contributed by atoms with E-state index in [1.165, 1.54) is 0 Å². The summed E-state index contributed by atoms with van der Waals surface area (Å²) in [5, 5.41) is 4.08. The van der Waals surface area contributed by atoms with Crippen molar-refractivity contribution >= 4 is 0 Å². The molecule has 5 nitrogen and oxygen atoms in total. The summed E-state index contributed by atoms with van der Waals surface area (Å²) in [4.78, 5) is 0. The van der Waals surface area contributed by atoms with Crippen LogP contribution in [0.1, 0.15) is 25.5 Å². The Morgan fingerprint density at radius 1 is 1.64 bits per heavy atom. The molecule has 0 aliphatic carbocycles. The predicted octanol–water partition coefficient (Wildman–Crippen LogP) is 0.350. The fraction of sp³-hybridized carbons (Fsp3) is 0.667. The van der Waals surface area contributed by atoms with E-state index in [0.29, 0.717) is 6.61 Å². The van der Waals surface area contributed by atoms with Crippen molar-refractivity contribution in [3.63, 3.8) is 0 Å². The van der Waals surface area contributed by atoms with Crippen molar-refractivity contribution in [3.05, 3.63) is 18.0 Å². The van der Waals surface area contributed by atoms with Crippen LogP contribution in [0.25, 0.3) is 0 Å². The molecular formula is C9H18N4O. The van der Waals surface area contributed by atoms with Gasteiger partial charge in [-0.2, -0.15) is 5.10 Å². The smallest absolute Gasteiger partial charge is 0.0724 e. The Morgan fingerprint density at radius 3 is 2.79 bits per heavy atom. The van der Waals surface area contributed by atoms with E-state index in [1.807, 2.05) is 27.1 Å². The van der Waals surface area contributed by atoms with Gasteiger partial charge < -0.3 is 4.74 Å². The van der Waals surface area contributed by atoms with E-state index in [-0.39, 0.29) is 12.1 Å². The molecule has 14 heavy (non-hydrogen) atoms. The minimum Gasteiger partial charge on any atom is -0.377 e. The molecule has 1 heterocycles. The van der Waals surface area contributed by atoms with E-state index >= 15 is 0 Å². The van der Waals surface area contributed by atoms with Crippen LogP contribution in [0.4, 0.5) is 0 Å². The normalized spacial score (nSPS) is 13.5. The van der Waals surface area contributed by atoms with Crippen LogP contribution in [0.2, 0.25) is 0 Å². The molecule has 0 saturated carbocycles. The summed E-state index contributed by atoms with van der Waals surface area (Å²) in [5.41, 5.74) is 3.75. The zero-order valence-corrected chi connectivity index (χ0v) is 8.90. The molecule has 1 atom stereocenters. The summed E-state index contributed by atoms with van der Waals surface area (Å²) < 4.78 is 7.22. The van der Waals surface area contributed by atoms with Gasteiger partial charge in [-0.05, 0) is 13.8 Å². The topological polar surface area (TPSA) is 65.1 Å². The van der Waals surface area contributed by atoms with Gasteiger partial charge in [0, 0.05) is 18.8 Å². The maximum Gasteiger partial charge on any atom is 0.0724 e. The third-order valence-corrected chi connectivity index (χ3v) is 1.92. The Balaban J connectivity index is 2.54. The van der Waals surface area contributed by atoms with Crippen LogP contribution in [-0.2, 0) is 11.8 Å². The van der Waals surface area contributed by atoms with Crippen molar-refractivity contribution in [1.29, 1.82) is 0 Å². The van der Waals surface area contributed by atoms with Gasteiger partial charge in [0.15, 0.2) is 0 Å². The zero-order valence-electron chi connectivity index (χ0n) is 8.90. The molecule has 5 heteroatoms. The first-order valence-corrected chi connectivity index (χ1v) is 4.69. The maximum atomic E-state index is 5.48. The number of hydrogen-bond donors (Lipinski definition) is 2. The SMILES string of the molecule is CC(C)OCC(NN)c1cnn(C)c1. The van der Waals surface area contributed by atoms with Gasteiger partial charge in [0.1, 0.15) is 0 Å². The highest BCUT2D eigenvalue weighted by Gasteiger charge is 2.12. The first-order chi connectivity index (χ1) is 6.63. The average molecular weight is 198 g/mol. The number of hydrogen-bond acceptors (Lipinski definition) is 4. The van der Waals surface area contributed by atoms with Crippen molar-refractivity contribution in [3.8, 4) is 0 Å². The summed E-state index contributed by atoms with van der Waals surface area (Å²) in [6.45, 7) is 4.55. The molecule has 80 valence electrons. The molecule has 0 aliphatic heterocycles. The highest BCUT2D eigenvalue weighted by atomic mass is 16.5. The molecule has 0 spiro atoms. The number of nitrogens with two attached hydrogens (primary N) is 1. The van der Waals surface area contributed by atoms with Gasteiger partial charge in [-0.15, -0.1) is 0 Å². The van der Waals surface area contributed by atoms with E-state index in [0.717, 1.165) is 5.56 Å². The molecule has 1 aromatic rings. The van der Waals surface area contributed by atoms with Crippen LogP contribution in [-0.4, -0.2) is 22.5 Å². The van der Waals surface area contributed by atoms with Crippen molar-refractivity contribution < 1.29 is 4.74 Å². The monoisotopic (exact) mass is 198 g/mol. The van der Waals surface area contributed by atoms with Gasteiger partial charge in [-0.3, -0.25) is 16.0 Å². The molecule has 0 aliphatic rings. The molecule has 0 amide bonds. The highest BCUT2D eigenvalue weighted by Crippen LogP contribution is 2.11. The van der Waals surface area contributed by atoms with Crippen LogP contribution in [0.15, 0.2) is 12.4 Å². The summed E-state index contributed by atoms with van der Waals surface area (Å²) >= 11 is 0. The lowest BCUT2D eigenvalue weighted by molar-refractivity contribution is 0.0611. The lowest BCUT2D eigenvalue weighted by atomic mass is 10.2. The fourth-order valence-corrected chi connectivity index (χ4v) is 1.15. The summed E-state index contributed by atoms with van der Waals surface area (Å²) in [6, 6.07) is 0.00565. The van der Waals surface area contributed by atoms with Crippen LogP contribution in [0, 0.1) is 0 Å². The second kappa shape index (κ2) is 5.09. The molecule has 1 rings (SSSR count). The third-order valence-electron chi connectivity index (χ3n) is 1.92. The Hall–Kier alpha value is -0.910. The molecule has 0 saturated heterocycles. The highest BCUT2D eigenvalue weighted by molar-refractivity contribution is 5.09. The molecule has 0 bridgehead atoms. The van der Waals surface area contributed by atoms with Crippen LogP contribution in [0.5, 0.6) is 0 Å². The van der Waals surface area contributed by atoms with Gasteiger partial charge in [-0.25, -0.2) is 0 Å². The standard InChI is InChI=1S/C9H18N4O/c1-7(2)14-6-9(12-10)8-4-11-13(3)5-8/h4-5,7,9,12H,6,10H2,1-3H3. The van der Waals surface area contributed by atoms with Crippen molar-refractivity contribution in [1.82, 2.24) is 15.2 Å². The number of hydrazine groups is 1. The molecule has 1 unspecified atom stereocenters. The molecule has 0 aromatic carbocycles.